The minimum atomic E-state index is -0.448. The Morgan fingerprint density at radius 3 is 2.93 bits per heavy atom. The minimum absolute atomic E-state index is 0.00642. The zero-order chi connectivity index (χ0) is 10.4. The zero-order valence-electron chi connectivity index (χ0n) is 8.00. The van der Waals surface area contributed by atoms with Crippen LogP contribution in [-0.2, 0) is 4.74 Å². The smallest absolute Gasteiger partial charge is 0.206 e. The van der Waals surface area contributed by atoms with Gasteiger partial charge in [-0.25, -0.2) is 9.37 Å². The monoisotopic (exact) mass is 197 g/mol. The summed E-state index contributed by atoms with van der Waals surface area (Å²) in [5, 5.41) is 0. The van der Waals surface area contributed by atoms with Crippen LogP contribution in [0.5, 0.6) is 0 Å². The van der Waals surface area contributed by atoms with E-state index in [1.807, 2.05) is 6.92 Å². The van der Waals surface area contributed by atoms with Crippen molar-refractivity contribution in [2.45, 2.75) is 13.3 Å². The average molecular weight is 197 g/mol. The van der Waals surface area contributed by atoms with Crippen LogP contribution in [0.15, 0.2) is 18.3 Å². The number of nitrogens with zero attached hydrogens (tertiary/aromatic N) is 1. The first kappa shape index (κ1) is 10.8. The second-order valence-electron chi connectivity index (χ2n) is 2.84. The van der Waals surface area contributed by atoms with Crippen molar-refractivity contribution in [2.24, 2.45) is 0 Å². The average Bonchev–Trinajstić information content (AvgIpc) is 2.19. The van der Waals surface area contributed by atoms with Crippen LogP contribution in [0.2, 0.25) is 0 Å². The van der Waals surface area contributed by atoms with Gasteiger partial charge >= 0.3 is 0 Å². The molecule has 0 spiro atoms. The summed E-state index contributed by atoms with van der Waals surface area (Å²) in [6.45, 7) is 2.51. The van der Waals surface area contributed by atoms with E-state index >= 15 is 0 Å². The van der Waals surface area contributed by atoms with Gasteiger partial charge in [0.2, 0.25) is 5.78 Å². The summed E-state index contributed by atoms with van der Waals surface area (Å²) in [6.07, 6.45) is 1.89. The molecule has 1 aromatic heterocycles. The predicted octanol–water partition coefficient (Wildman–Crippen LogP) is 1.83. The highest BCUT2D eigenvalue weighted by atomic mass is 19.1. The Balaban J connectivity index is 2.48. The molecule has 0 saturated carbocycles. The number of ether oxygens (including phenoxy) is 1. The van der Waals surface area contributed by atoms with Crippen LogP contribution in [0.4, 0.5) is 4.39 Å². The van der Waals surface area contributed by atoms with Crippen LogP contribution >= 0.6 is 0 Å². The highest BCUT2D eigenvalue weighted by Gasteiger charge is 2.06. The third-order valence-electron chi connectivity index (χ3n) is 1.59. The van der Waals surface area contributed by atoms with Crippen LogP contribution in [0.3, 0.4) is 0 Å². The molecule has 1 aromatic rings. The SMILES string of the molecule is CCCOCC(=O)c1ccc(F)cn1. The van der Waals surface area contributed by atoms with Crippen molar-refractivity contribution in [2.75, 3.05) is 13.2 Å². The standard InChI is InChI=1S/C10H12FNO2/c1-2-5-14-7-10(13)9-4-3-8(11)6-12-9/h3-4,6H,2,5,7H2,1H3. The zero-order valence-corrected chi connectivity index (χ0v) is 8.00. The lowest BCUT2D eigenvalue weighted by Crippen LogP contribution is -2.11. The number of rotatable bonds is 5. The Labute approximate surface area is 81.9 Å². The number of aromatic nitrogens is 1. The predicted molar refractivity (Wildman–Crippen MR) is 49.6 cm³/mol. The van der Waals surface area contributed by atoms with E-state index in [4.69, 9.17) is 4.74 Å². The molecule has 0 bridgehead atoms. The number of carbonyl (C=O) groups excluding carboxylic acids is 1. The van der Waals surface area contributed by atoms with E-state index < -0.39 is 5.82 Å². The number of hydrogen-bond acceptors (Lipinski definition) is 3. The van der Waals surface area contributed by atoms with Crippen molar-refractivity contribution in [3.63, 3.8) is 0 Å². The van der Waals surface area contributed by atoms with Crippen molar-refractivity contribution in [1.29, 1.82) is 0 Å². The van der Waals surface area contributed by atoms with Crippen LogP contribution in [0.1, 0.15) is 23.8 Å². The van der Waals surface area contributed by atoms with E-state index in [0.29, 0.717) is 6.61 Å². The van der Waals surface area contributed by atoms with Crippen molar-refractivity contribution in [3.8, 4) is 0 Å². The van der Waals surface area contributed by atoms with Gasteiger partial charge in [-0.05, 0) is 18.6 Å². The molecular weight excluding hydrogens is 185 g/mol. The maximum Gasteiger partial charge on any atom is 0.206 e. The third kappa shape index (κ3) is 3.22. The van der Waals surface area contributed by atoms with Crippen LogP contribution < -0.4 is 0 Å². The summed E-state index contributed by atoms with van der Waals surface area (Å²) in [4.78, 5) is 15.0. The summed E-state index contributed by atoms with van der Waals surface area (Å²) in [5.41, 5.74) is 0.238. The van der Waals surface area contributed by atoms with Gasteiger partial charge in [0.05, 0.1) is 6.20 Å². The highest BCUT2D eigenvalue weighted by molar-refractivity contribution is 5.95. The Bertz CT molecular complexity index is 297. The molecule has 1 heterocycles. The number of carbonyl (C=O) groups is 1. The minimum Gasteiger partial charge on any atom is -0.373 e. The lowest BCUT2D eigenvalue weighted by molar-refractivity contribution is 0.0756. The van der Waals surface area contributed by atoms with Gasteiger partial charge in [-0.3, -0.25) is 4.79 Å². The molecule has 0 saturated heterocycles. The maximum absolute atomic E-state index is 12.5. The third-order valence-corrected chi connectivity index (χ3v) is 1.59. The topological polar surface area (TPSA) is 39.2 Å². The van der Waals surface area contributed by atoms with Crippen molar-refractivity contribution in [1.82, 2.24) is 4.98 Å². The molecule has 0 amide bonds. The van der Waals surface area contributed by atoms with Crippen LogP contribution in [0, 0.1) is 5.82 Å². The van der Waals surface area contributed by atoms with Crippen LogP contribution in [0.25, 0.3) is 0 Å². The van der Waals surface area contributed by atoms with Gasteiger partial charge in [0.25, 0.3) is 0 Å². The molecule has 76 valence electrons. The molecule has 0 radical (unpaired) electrons. The largest absolute Gasteiger partial charge is 0.373 e. The second kappa shape index (κ2) is 5.44. The number of halogens is 1. The lowest BCUT2D eigenvalue weighted by atomic mass is 10.2. The van der Waals surface area contributed by atoms with E-state index in [2.05, 4.69) is 4.98 Å². The van der Waals surface area contributed by atoms with Crippen molar-refractivity contribution < 1.29 is 13.9 Å². The number of pyridine rings is 1. The van der Waals surface area contributed by atoms with E-state index in [1.165, 1.54) is 12.1 Å². The number of ketones is 1. The van der Waals surface area contributed by atoms with Gasteiger partial charge in [-0.2, -0.15) is 0 Å². The van der Waals surface area contributed by atoms with Gasteiger partial charge in [0.1, 0.15) is 18.1 Å². The van der Waals surface area contributed by atoms with E-state index in [9.17, 15) is 9.18 Å². The molecule has 0 unspecified atom stereocenters. The van der Waals surface area contributed by atoms with E-state index in [-0.39, 0.29) is 18.1 Å². The fourth-order valence-electron chi connectivity index (χ4n) is 0.924. The highest BCUT2D eigenvalue weighted by Crippen LogP contribution is 1.99. The first-order chi connectivity index (χ1) is 6.74. The van der Waals surface area contributed by atoms with Gasteiger partial charge in [-0.1, -0.05) is 6.92 Å². The summed E-state index contributed by atoms with van der Waals surface area (Å²) >= 11 is 0. The second-order valence-corrected chi connectivity index (χ2v) is 2.84. The van der Waals surface area contributed by atoms with Gasteiger partial charge in [-0.15, -0.1) is 0 Å². The number of Topliss-reactive ketones (excluding diaryl/α,β-unsaturated/α-hetero) is 1. The molecular formula is C10H12FNO2. The molecule has 14 heavy (non-hydrogen) atoms. The Morgan fingerprint density at radius 1 is 1.57 bits per heavy atom. The van der Waals surface area contributed by atoms with Gasteiger partial charge < -0.3 is 4.74 Å². The van der Waals surface area contributed by atoms with Crippen LogP contribution in [-0.4, -0.2) is 24.0 Å². The summed E-state index contributed by atoms with van der Waals surface area (Å²) in [7, 11) is 0. The van der Waals surface area contributed by atoms with Crippen molar-refractivity contribution in [3.05, 3.63) is 29.8 Å². The van der Waals surface area contributed by atoms with E-state index in [0.717, 1.165) is 12.6 Å². The first-order valence-corrected chi connectivity index (χ1v) is 4.46. The Kier molecular flexibility index (Phi) is 4.19. The molecule has 0 N–H and O–H groups in total. The molecule has 0 fully saturated rings. The summed E-state index contributed by atoms with van der Waals surface area (Å²) in [5.74, 6) is -0.672. The van der Waals surface area contributed by atoms with E-state index in [1.54, 1.807) is 0 Å². The lowest BCUT2D eigenvalue weighted by Gasteiger charge is -2.00. The molecule has 0 atom stereocenters. The summed E-state index contributed by atoms with van der Waals surface area (Å²) < 4.78 is 17.5. The maximum atomic E-state index is 12.5. The van der Waals surface area contributed by atoms with Gasteiger partial charge in [0.15, 0.2) is 0 Å². The molecule has 3 nitrogen and oxygen atoms in total. The van der Waals surface area contributed by atoms with Crippen molar-refractivity contribution >= 4 is 5.78 Å². The molecule has 0 aliphatic heterocycles. The quantitative estimate of drug-likeness (QED) is 0.534. The molecule has 0 aliphatic rings. The molecule has 4 heteroatoms. The normalized spacial score (nSPS) is 10.1. The fourth-order valence-corrected chi connectivity index (χ4v) is 0.924. The molecule has 1 rings (SSSR count). The molecule has 0 aromatic carbocycles. The number of hydrogen-bond donors (Lipinski definition) is 0. The van der Waals surface area contributed by atoms with Gasteiger partial charge in [0, 0.05) is 6.61 Å². The first-order valence-electron chi connectivity index (χ1n) is 4.46. The Hall–Kier alpha value is -1.29. The molecule has 0 aliphatic carbocycles. The fraction of sp³-hybridized carbons (Fsp3) is 0.400. The Morgan fingerprint density at radius 2 is 2.36 bits per heavy atom. The summed E-state index contributed by atoms with van der Waals surface area (Å²) in [6, 6.07) is 2.56.